The molecule has 1 aliphatic rings. The molecule has 1 aliphatic heterocycles. The van der Waals surface area contributed by atoms with Crippen molar-refractivity contribution in [2.75, 3.05) is 27.4 Å². The summed E-state index contributed by atoms with van der Waals surface area (Å²) in [5.74, 6) is 0.714. The molecular formula is C23H25N3O4. The van der Waals surface area contributed by atoms with Crippen LogP contribution < -0.4 is 4.74 Å². The monoisotopic (exact) mass is 407 g/mol. The predicted octanol–water partition coefficient (Wildman–Crippen LogP) is 3.60. The number of nitrogens with zero attached hydrogens (tertiary/aromatic N) is 2. The number of phenolic OH excluding ortho intramolecular Hbond substituents is 1. The van der Waals surface area contributed by atoms with Crippen LogP contribution in [-0.4, -0.2) is 53.5 Å². The number of carbonyl (C=O) groups is 1. The van der Waals surface area contributed by atoms with Gasteiger partial charge in [0, 0.05) is 24.8 Å². The number of fused-ring (bicyclic) bond motifs is 1. The second-order valence-electron chi connectivity index (χ2n) is 7.51. The van der Waals surface area contributed by atoms with Gasteiger partial charge in [0.25, 0.3) is 5.91 Å². The van der Waals surface area contributed by atoms with Gasteiger partial charge in [-0.25, -0.2) is 0 Å². The van der Waals surface area contributed by atoms with Crippen molar-refractivity contribution in [1.82, 2.24) is 15.1 Å². The maximum absolute atomic E-state index is 13.2. The number of methoxy groups -OCH3 is 2. The lowest BCUT2D eigenvalue weighted by Gasteiger charge is -2.26. The Morgan fingerprint density at radius 2 is 2.00 bits per heavy atom. The molecule has 0 spiro atoms. The van der Waals surface area contributed by atoms with Gasteiger partial charge >= 0.3 is 0 Å². The summed E-state index contributed by atoms with van der Waals surface area (Å²) in [6.45, 7) is 4.70. The molecule has 3 aromatic rings. The smallest absolute Gasteiger partial charge is 0.273 e. The first-order valence-electron chi connectivity index (χ1n) is 9.79. The Bertz CT molecular complexity index is 1080. The van der Waals surface area contributed by atoms with Crippen LogP contribution in [0.5, 0.6) is 11.5 Å². The van der Waals surface area contributed by atoms with E-state index in [2.05, 4.69) is 10.2 Å². The van der Waals surface area contributed by atoms with Gasteiger partial charge in [0.1, 0.15) is 22.9 Å². The van der Waals surface area contributed by atoms with Crippen molar-refractivity contribution in [2.24, 2.45) is 0 Å². The number of aromatic hydroxyl groups is 1. The molecule has 1 atom stereocenters. The summed E-state index contributed by atoms with van der Waals surface area (Å²) in [5.41, 5.74) is 5.18. The number of carbonyl (C=O) groups excluding carboxylic acids is 1. The van der Waals surface area contributed by atoms with Crippen LogP contribution in [0.2, 0.25) is 0 Å². The molecule has 7 heteroatoms. The van der Waals surface area contributed by atoms with Crippen molar-refractivity contribution in [2.45, 2.75) is 19.9 Å². The number of H-pyrrole nitrogens is 1. The second-order valence-corrected chi connectivity index (χ2v) is 7.51. The van der Waals surface area contributed by atoms with Crippen LogP contribution in [0.4, 0.5) is 0 Å². The van der Waals surface area contributed by atoms with Crippen molar-refractivity contribution in [3.63, 3.8) is 0 Å². The van der Waals surface area contributed by atoms with E-state index in [1.165, 1.54) is 0 Å². The Morgan fingerprint density at radius 1 is 1.20 bits per heavy atom. The summed E-state index contributed by atoms with van der Waals surface area (Å²) < 4.78 is 10.6. The highest BCUT2D eigenvalue weighted by Crippen LogP contribution is 2.45. The summed E-state index contributed by atoms with van der Waals surface area (Å²) >= 11 is 0. The summed E-state index contributed by atoms with van der Waals surface area (Å²) in [5, 5.41) is 18.1. The van der Waals surface area contributed by atoms with Crippen molar-refractivity contribution in [1.29, 1.82) is 0 Å². The Kier molecular flexibility index (Phi) is 5.22. The molecule has 1 aromatic heterocycles. The number of rotatable bonds is 6. The minimum Gasteiger partial charge on any atom is -0.507 e. The molecule has 2 heterocycles. The van der Waals surface area contributed by atoms with Crippen LogP contribution in [0.3, 0.4) is 0 Å². The van der Waals surface area contributed by atoms with E-state index in [4.69, 9.17) is 9.47 Å². The first-order valence-corrected chi connectivity index (χ1v) is 9.79. The normalized spacial score (nSPS) is 15.5. The van der Waals surface area contributed by atoms with E-state index in [0.29, 0.717) is 35.9 Å². The van der Waals surface area contributed by atoms with Gasteiger partial charge in [0.2, 0.25) is 0 Å². The molecule has 156 valence electrons. The van der Waals surface area contributed by atoms with E-state index < -0.39 is 0 Å². The van der Waals surface area contributed by atoms with Crippen molar-refractivity contribution < 1.29 is 19.4 Å². The average Bonchev–Trinajstić information content (AvgIpc) is 3.25. The van der Waals surface area contributed by atoms with Crippen molar-refractivity contribution in [3.8, 4) is 22.8 Å². The Balaban J connectivity index is 1.92. The third-order valence-electron chi connectivity index (χ3n) is 5.51. The summed E-state index contributed by atoms with van der Waals surface area (Å²) in [6, 6.07) is 11.0. The van der Waals surface area contributed by atoms with Gasteiger partial charge in [-0.2, -0.15) is 5.10 Å². The van der Waals surface area contributed by atoms with E-state index in [-0.39, 0.29) is 17.7 Å². The highest BCUT2D eigenvalue weighted by atomic mass is 16.5. The van der Waals surface area contributed by atoms with Gasteiger partial charge in [-0.05, 0) is 48.7 Å². The van der Waals surface area contributed by atoms with E-state index >= 15 is 0 Å². The maximum atomic E-state index is 13.2. The fourth-order valence-corrected chi connectivity index (χ4v) is 4.22. The van der Waals surface area contributed by atoms with Crippen LogP contribution in [0, 0.1) is 13.8 Å². The number of benzene rings is 2. The number of phenols is 1. The zero-order chi connectivity index (χ0) is 21.4. The van der Waals surface area contributed by atoms with Crippen LogP contribution >= 0.6 is 0 Å². The van der Waals surface area contributed by atoms with Crippen LogP contribution in [0.15, 0.2) is 36.4 Å². The number of aromatic amines is 1. The molecule has 0 radical (unpaired) electrons. The van der Waals surface area contributed by atoms with E-state index in [0.717, 1.165) is 22.3 Å². The Labute approximate surface area is 175 Å². The molecule has 4 rings (SSSR count). The first-order chi connectivity index (χ1) is 14.5. The molecule has 7 nitrogen and oxygen atoms in total. The van der Waals surface area contributed by atoms with Gasteiger partial charge in [-0.3, -0.25) is 9.89 Å². The zero-order valence-corrected chi connectivity index (χ0v) is 17.5. The maximum Gasteiger partial charge on any atom is 0.273 e. The molecule has 30 heavy (non-hydrogen) atoms. The highest BCUT2D eigenvalue weighted by molar-refractivity contribution is 6.00. The fourth-order valence-electron chi connectivity index (χ4n) is 4.22. The van der Waals surface area contributed by atoms with Gasteiger partial charge in [0.15, 0.2) is 0 Å². The van der Waals surface area contributed by atoms with Crippen molar-refractivity contribution in [3.05, 3.63) is 64.3 Å². The number of aromatic nitrogens is 2. The van der Waals surface area contributed by atoms with Gasteiger partial charge in [-0.15, -0.1) is 0 Å². The summed E-state index contributed by atoms with van der Waals surface area (Å²) in [7, 11) is 3.23. The SMILES string of the molecule is COCCN1C(=O)c2[nH]nc(-c3c(C)cc(C)cc3O)c2C1c1cccc(OC)c1. The van der Waals surface area contributed by atoms with Gasteiger partial charge in [-0.1, -0.05) is 18.2 Å². The molecule has 0 saturated carbocycles. The molecule has 1 amide bonds. The van der Waals surface area contributed by atoms with E-state index in [9.17, 15) is 9.90 Å². The van der Waals surface area contributed by atoms with Crippen LogP contribution in [0.25, 0.3) is 11.3 Å². The molecule has 2 aromatic carbocycles. The summed E-state index contributed by atoms with van der Waals surface area (Å²) in [4.78, 5) is 15.0. The van der Waals surface area contributed by atoms with Gasteiger partial charge < -0.3 is 19.5 Å². The number of aryl methyl sites for hydroxylation is 2. The number of nitrogens with one attached hydrogen (secondary N) is 1. The number of amides is 1. The fraction of sp³-hybridized carbons (Fsp3) is 0.304. The number of hydrogen-bond donors (Lipinski definition) is 2. The molecule has 0 aliphatic carbocycles. The van der Waals surface area contributed by atoms with Gasteiger partial charge in [0.05, 0.1) is 19.8 Å². The van der Waals surface area contributed by atoms with Crippen molar-refractivity contribution >= 4 is 5.91 Å². The third-order valence-corrected chi connectivity index (χ3v) is 5.51. The molecule has 0 fully saturated rings. The molecule has 2 N–H and O–H groups in total. The third kappa shape index (κ3) is 3.21. The average molecular weight is 407 g/mol. The standard InChI is InChI=1S/C23H25N3O4/c1-13-10-14(2)18(17(27)11-13)20-19-21(25-24-20)23(28)26(8-9-29-3)22(19)15-6-5-7-16(12-15)30-4/h5-7,10-12,22,27H,8-9H2,1-4H3,(H,24,25). The first kappa shape index (κ1) is 20.0. The van der Waals surface area contributed by atoms with Crippen LogP contribution in [0.1, 0.15) is 38.8 Å². The Morgan fingerprint density at radius 3 is 2.70 bits per heavy atom. The topological polar surface area (TPSA) is 87.7 Å². The van der Waals surface area contributed by atoms with E-state index in [1.54, 1.807) is 25.2 Å². The summed E-state index contributed by atoms with van der Waals surface area (Å²) in [6.07, 6.45) is 0. The quantitative estimate of drug-likeness (QED) is 0.652. The minimum atomic E-state index is -0.369. The van der Waals surface area contributed by atoms with Crippen LogP contribution in [-0.2, 0) is 4.74 Å². The lowest BCUT2D eigenvalue weighted by molar-refractivity contribution is 0.0677. The molecular weight excluding hydrogens is 382 g/mol. The lowest BCUT2D eigenvalue weighted by atomic mass is 9.93. The second kappa shape index (κ2) is 7.84. The molecule has 1 unspecified atom stereocenters. The molecule has 0 bridgehead atoms. The number of hydrogen-bond acceptors (Lipinski definition) is 5. The Hall–Kier alpha value is -3.32. The van der Waals surface area contributed by atoms with E-state index in [1.807, 2.05) is 44.2 Å². The predicted molar refractivity (Wildman–Crippen MR) is 113 cm³/mol. The lowest BCUT2D eigenvalue weighted by Crippen LogP contribution is -2.32. The zero-order valence-electron chi connectivity index (χ0n) is 17.5. The highest BCUT2D eigenvalue weighted by Gasteiger charge is 2.42. The minimum absolute atomic E-state index is 0.141. The molecule has 0 saturated heterocycles. The number of ether oxygens (including phenoxy) is 2. The largest absolute Gasteiger partial charge is 0.507 e.